The van der Waals surface area contributed by atoms with E-state index in [0.717, 1.165) is 31.6 Å². The molecule has 0 spiro atoms. The lowest BCUT2D eigenvalue weighted by molar-refractivity contribution is -0.176. The van der Waals surface area contributed by atoms with Crippen molar-refractivity contribution in [3.63, 3.8) is 0 Å². The van der Waals surface area contributed by atoms with Crippen LogP contribution >= 0.6 is 0 Å². The van der Waals surface area contributed by atoms with Crippen molar-refractivity contribution in [2.45, 2.75) is 72.6 Å². The molecule has 0 N–H and O–H groups in total. The quantitative estimate of drug-likeness (QED) is 0.500. The summed E-state index contributed by atoms with van der Waals surface area (Å²) >= 11 is 0. The summed E-state index contributed by atoms with van der Waals surface area (Å²) in [5.74, 6) is -0.0794. The van der Waals surface area contributed by atoms with Gasteiger partial charge in [0.25, 0.3) is 0 Å². The van der Waals surface area contributed by atoms with E-state index in [1.807, 2.05) is 0 Å². The molecule has 1 fully saturated rings. The predicted molar refractivity (Wildman–Crippen MR) is 86.3 cm³/mol. The third kappa shape index (κ3) is 4.47. The number of carbonyl (C=O) groups is 2. The van der Waals surface area contributed by atoms with Crippen LogP contribution in [0.15, 0.2) is 0 Å². The highest BCUT2D eigenvalue weighted by Gasteiger charge is 2.51. The molecule has 0 amide bonds. The molecule has 0 atom stereocenters. The minimum absolute atomic E-state index is 0.0310. The minimum Gasteiger partial charge on any atom is -0.465 e. The molecule has 0 radical (unpaired) electrons. The van der Waals surface area contributed by atoms with Crippen LogP contribution < -0.4 is 0 Å². The summed E-state index contributed by atoms with van der Waals surface area (Å²) in [6.07, 6.45) is 7.76. The third-order valence-corrected chi connectivity index (χ3v) is 5.03. The van der Waals surface area contributed by atoms with Crippen molar-refractivity contribution in [1.82, 2.24) is 0 Å². The van der Waals surface area contributed by atoms with Crippen LogP contribution in [0.25, 0.3) is 0 Å². The van der Waals surface area contributed by atoms with Crippen molar-refractivity contribution in [3.05, 3.63) is 0 Å². The van der Waals surface area contributed by atoms with Crippen molar-refractivity contribution in [3.8, 4) is 0 Å². The molecule has 1 aliphatic rings. The van der Waals surface area contributed by atoms with Gasteiger partial charge in [0.05, 0.1) is 13.2 Å². The molecular formula is C18H32O4. The van der Waals surface area contributed by atoms with Crippen molar-refractivity contribution < 1.29 is 19.1 Å². The lowest BCUT2D eigenvalue weighted by Gasteiger charge is -2.38. The van der Waals surface area contributed by atoms with E-state index in [0.29, 0.717) is 13.2 Å². The Morgan fingerprint density at radius 1 is 0.955 bits per heavy atom. The van der Waals surface area contributed by atoms with Gasteiger partial charge in [0.1, 0.15) is 0 Å². The lowest BCUT2D eigenvalue weighted by Crippen LogP contribution is -2.46. The van der Waals surface area contributed by atoms with Crippen molar-refractivity contribution in [1.29, 1.82) is 0 Å². The van der Waals surface area contributed by atoms with Crippen molar-refractivity contribution in [2.75, 3.05) is 13.2 Å². The molecule has 128 valence electrons. The maximum Gasteiger partial charge on any atom is 0.323 e. The Morgan fingerprint density at radius 3 is 1.86 bits per heavy atom. The smallest absolute Gasteiger partial charge is 0.323 e. The highest BCUT2D eigenvalue weighted by Crippen LogP contribution is 2.43. The van der Waals surface area contributed by atoms with Crippen LogP contribution in [0.3, 0.4) is 0 Å². The molecule has 0 saturated heterocycles. The van der Waals surface area contributed by atoms with Gasteiger partial charge in [-0.3, -0.25) is 9.59 Å². The molecule has 0 aromatic rings. The van der Waals surface area contributed by atoms with E-state index in [9.17, 15) is 9.59 Å². The van der Waals surface area contributed by atoms with Crippen LogP contribution in [0.2, 0.25) is 0 Å². The first-order valence-electron chi connectivity index (χ1n) is 8.85. The number of hydrogen-bond donors (Lipinski definition) is 0. The summed E-state index contributed by atoms with van der Waals surface area (Å²) in [6, 6.07) is 0. The molecule has 0 unspecified atom stereocenters. The average molecular weight is 312 g/mol. The van der Waals surface area contributed by atoms with E-state index in [-0.39, 0.29) is 5.92 Å². The van der Waals surface area contributed by atoms with Crippen LogP contribution in [0.4, 0.5) is 0 Å². The van der Waals surface area contributed by atoms with Gasteiger partial charge in [-0.05, 0) is 45.4 Å². The number of esters is 2. The van der Waals surface area contributed by atoms with Crippen LogP contribution in [-0.4, -0.2) is 25.2 Å². The Hall–Kier alpha value is -1.06. The van der Waals surface area contributed by atoms with E-state index in [1.165, 1.54) is 19.3 Å². The molecule has 1 saturated carbocycles. The molecular weight excluding hydrogens is 280 g/mol. The zero-order chi connectivity index (χ0) is 16.6. The fourth-order valence-electron chi connectivity index (χ4n) is 3.50. The summed E-state index contributed by atoms with van der Waals surface area (Å²) in [5, 5.41) is 0. The first kappa shape index (κ1) is 19.0. The molecule has 0 aromatic carbocycles. The molecule has 4 nitrogen and oxygen atoms in total. The normalized spacial score (nSPS) is 22.2. The van der Waals surface area contributed by atoms with Crippen molar-refractivity contribution in [2.24, 2.45) is 17.3 Å². The number of unbranched alkanes of at least 4 members (excludes halogenated alkanes) is 1. The summed E-state index contributed by atoms with van der Waals surface area (Å²) in [5.41, 5.74) is -1.15. The number of rotatable bonds is 8. The standard InChI is InChI=1S/C18H32O4/c1-5-8-9-14-10-12-15(13-11-14)18(4,16(19)21-6-2)17(20)22-7-3/h14-15H,5-13H2,1-4H3. The average Bonchev–Trinajstić information content (AvgIpc) is 2.53. The largest absolute Gasteiger partial charge is 0.465 e. The fourth-order valence-corrected chi connectivity index (χ4v) is 3.50. The summed E-state index contributed by atoms with van der Waals surface area (Å²) in [4.78, 5) is 24.8. The Labute approximate surface area is 134 Å². The molecule has 0 aromatic heterocycles. The van der Waals surface area contributed by atoms with E-state index in [4.69, 9.17) is 9.47 Å². The Kier molecular flexibility index (Phi) is 7.91. The van der Waals surface area contributed by atoms with Crippen LogP contribution in [-0.2, 0) is 19.1 Å². The van der Waals surface area contributed by atoms with E-state index >= 15 is 0 Å². The maximum atomic E-state index is 12.4. The predicted octanol–water partition coefficient (Wildman–Crippen LogP) is 4.12. The Balaban J connectivity index is 2.76. The van der Waals surface area contributed by atoms with Gasteiger partial charge in [-0.25, -0.2) is 0 Å². The zero-order valence-electron chi connectivity index (χ0n) is 14.7. The zero-order valence-corrected chi connectivity index (χ0v) is 14.7. The first-order valence-corrected chi connectivity index (χ1v) is 8.85. The maximum absolute atomic E-state index is 12.4. The molecule has 0 bridgehead atoms. The molecule has 4 heteroatoms. The monoisotopic (exact) mass is 312 g/mol. The Morgan fingerprint density at radius 2 is 1.45 bits per heavy atom. The van der Waals surface area contributed by atoms with Crippen LogP contribution in [0, 0.1) is 17.3 Å². The van der Waals surface area contributed by atoms with E-state index < -0.39 is 17.4 Å². The topological polar surface area (TPSA) is 52.6 Å². The Bertz CT molecular complexity index is 338. The van der Waals surface area contributed by atoms with Crippen LogP contribution in [0.1, 0.15) is 72.6 Å². The first-order chi connectivity index (χ1) is 10.5. The summed E-state index contributed by atoms with van der Waals surface area (Å²) in [6.45, 7) is 8.04. The van der Waals surface area contributed by atoms with Gasteiger partial charge in [0.15, 0.2) is 5.41 Å². The van der Waals surface area contributed by atoms with Gasteiger partial charge in [-0.1, -0.05) is 39.0 Å². The van der Waals surface area contributed by atoms with Gasteiger partial charge in [-0.2, -0.15) is 0 Å². The second-order valence-corrected chi connectivity index (χ2v) is 6.50. The fraction of sp³-hybridized carbons (Fsp3) is 0.889. The summed E-state index contributed by atoms with van der Waals surface area (Å²) in [7, 11) is 0. The van der Waals surface area contributed by atoms with Gasteiger partial charge in [0, 0.05) is 0 Å². The number of carbonyl (C=O) groups excluding carboxylic acids is 2. The SMILES string of the molecule is CCCCC1CCC(C(C)(C(=O)OCC)C(=O)OCC)CC1. The van der Waals surface area contributed by atoms with Crippen molar-refractivity contribution >= 4 is 11.9 Å². The van der Waals surface area contributed by atoms with Gasteiger partial charge in [0.2, 0.25) is 0 Å². The van der Waals surface area contributed by atoms with E-state index in [2.05, 4.69) is 6.92 Å². The second kappa shape index (κ2) is 9.16. The minimum atomic E-state index is -1.15. The molecule has 1 rings (SSSR count). The van der Waals surface area contributed by atoms with Gasteiger partial charge >= 0.3 is 11.9 Å². The number of hydrogen-bond acceptors (Lipinski definition) is 4. The third-order valence-electron chi connectivity index (χ3n) is 5.03. The molecule has 0 heterocycles. The number of ether oxygens (including phenoxy) is 2. The highest BCUT2D eigenvalue weighted by molar-refractivity contribution is 6.00. The van der Waals surface area contributed by atoms with E-state index in [1.54, 1.807) is 20.8 Å². The molecule has 22 heavy (non-hydrogen) atoms. The van der Waals surface area contributed by atoms with Gasteiger partial charge < -0.3 is 9.47 Å². The lowest BCUT2D eigenvalue weighted by atomic mass is 9.67. The van der Waals surface area contributed by atoms with Crippen LogP contribution in [0.5, 0.6) is 0 Å². The second-order valence-electron chi connectivity index (χ2n) is 6.50. The molecule has 1 aliphatic carbocycles. The highest BCUT2D eigenvalue weighted by atomic mass is 16.6. The summed E-state index contributed by atoms with van der Waals surface area (Å²) < 4.78 is 10.4. The molecule has 0 aliphatic heterocycles. The van der Waals surface area contributed by atoms with Gasteiger partial charge in [-0.15, -0.1) is 0 Å².